The Hall–Kier alpha value is -1.01. The first-order valence-corrected chi connectivity index (χ1v) is 6.55. The molecule has 4 nitrogen and oxygen atoms in total. The lowest BCUT2D eigenvalue weighted by Crippen LogP contribution is -2.03. The van der Waals surface area contributed by atoms with Gasteiger partial charge in [0, 0.05) is 6.20 Å². The van der Waals surface area contributed by atoms with E-state index in [2.05, 4.69) is 17.7 Å². The Bertz CT molecular complexity index is 602. The highest BCUT2D eigenvalue weighted by Crippen LogP contribution is 2.24. The van der Waals surface area contributed by atoms with Gasteiger partial charge in [0.25, 0.3) is 0 Å². The number of thiol groups is 1. The summed E-state index contributed by atoms with van der Waals surface area (Å²) in [4.78, 5) is 0.217. The van der Waals surface area contributed by atoms with E-state index in [-0.39, 0.29) is 15.7 Å². The normalized spacial score (nSPS) is 12.1. The summed E-state index contributed by atoms with van der Waals surface area (Å²) in [7, 11) is -3.27. The van der Waals surface area contributed by atoms with Gasteiger partial charge in [-0.1, -0.05) is 13.0 Å². The second kappa shape index (κ2) is 3.53. The number of nitrogens with zero attached hydrogens (tertiary/aromatic N) is 2. The van der Waals surface area contributed by atoms with Gasteiger partial charge >= 0.3 is 0 Å². The maximum Gasteiger partial charge on any atom is 0.182 e. The first kappa shape index (κ1) is 10.5. The molecule has 0 fully saturated rings. The summed E-state index contributed by atoms with van der Waals surface area (Å²) in [6.45, 7) is 1.61. The fraction of sp³-hybridized carbons (Fsp3) is 0.222. The molecule has 0 amide bonds. The molecule has 0 aliphatic heterocycles. The predicted molar refractivity (Wildman–Crippen MR) is 60.2 cm³/mol. The molecule has 0 bridgehead atoms. The van der Waals surface area contributed by atoms with Gasteiger partial charge in [-0.3, -0.25) is 0 Å². The number of hydrogen-bond acceptors (Lipinski definition) is 4. The number of fused-ring (bicyclic) bond motifs is 1. The van der Waals surface area contributed by atoms with Gasteiger partial charge < -0.3 is 0 Å². The van der Waals surface area contributed by atoms with Crippen LogP contribution in [0.2, 0.25) is 0 Å². The minimum atomic E-state index is -3.27. The van der Waals surface area contributed by atoms with E-state index in [1.165, 1.54) is 4.52 Å². The topological polar surface area (TPSA) is 51.4 Å². The third-order valence-corrected chi connectivity index (χ3v) is 4.42. The highest BCUT2D eigenvalue weighted by molar-refractivity contribution is 7.92. The highest BCUT2D eigenvalue weighted by atomic mass is 32.2. The van der Waals surface area contributed by atoms with Crippen LogP contribution in [-0.2, 0) is 9.84 Å². The fourth-order valence-corrected chi connectivity index (χ4v) is 3.12. The quantitative estimate of drug-likeness (QED) is 0.810. The molecular formula is C9H10N2O2S2. The van der Waals surface area contributed by atoms with Crippen molar-refractivity contribution in [3.05, 3.63) is 24.4 Å². The lowest BCUT2D eigenvalue weighted by atomic mass is 10.4. The summed E-state index contributed by atoms with van der Waals surface area (Å²) in [6.07, 6.45) is 1.70. The zero-order valence-corrected chi connectivity index (χ0v) is 9.79. The minimum Gasteiger partial charge on any atom is -0.238 e. The summed E-state index contributed by atoms with van der Waals surface area (Å²) >= 11 is 4.09. The summed E-state index contributed by atoms with van der Waals surface area (Å²) in [5, 5.41) is 4.28. The maximum atomic E-state index is 11.8. The number of pyridine rings is 1. The predicted octanol–water partition coefficient (Wildman–Crippen LogP) is 1.42. The van der Waals surface area contributed by atoms with Gasteiger partial charge in [0.2, 0.25) is 0 Å². The lowest BCUT2D eigenvalue weighted by molar-refractivity contribution is 0.596. The Morgan fingerprint density at radius 2 is 2.20 bits per heavy atom. The van der Waals surface area contributed by atoms with Gasteiger partial charge in [-0.15, -0.1) is 12.6 Å². The largest absolute Gasteiger partial charge is 0.238 e. The van der Waals surface area contributed by atoms with Crippen molar-refractivity contribution >= 4 is 28.0 Å². The van der Waals surface area contributed by atoms with Crippen LogP contribution in [0.5, 0.6) is 0 Å². The molecule has 0 aliphatic carbocycles. The van der Waals surface area contributed by atoms with Crippen LogP contribution in [-0.4, -0.2) is 23.8 Å². The smallest absolute Gasteiger partial charge is 0.182 e. The molecular weight excluding hydrogens is 232 g/mol. The van der Waals surface area contributed by atoms with Gasteiger partial charge in [-0.25, -0.2) is 12.9 Å². The molecule has 0 atom stereocenters. The van der Waals surface area contributed by atoms with E-state index in [0.29, 0.717) is 5.52 Å². The van der Waals surface area contributed by atoms with E-state index in [9.17, 15) is 8.42 Å². The van der Waals surface area contributed by atoms with E-state index in [1.54, 1.807) is 31.3 Å². The van der Waals surface area contributed by atoms with E-state index < -0.39 is 9.84 Å². The van der Waals surface area contributed by atoms with Crippen LogP contribution in [0.25, 0.3) is 5.52 Å². The van der Waals surface area contributed by atoms with Crippen LogP contribution < -0.4 is 0 Å². The van der Waals surface area contributed by atoms with Gasteiger partial charge in [0.05, 0.1) is 11.3 Å². The molecule has 0 saturated carbocycles. The van der Waals surface area contributed by atoms with Crippen molar-refractivity contribution in [3.8, 4) is 0 Å². The van der Waals surface area contributed by atoms with Gasteiger partial charge in [0.1, 0.15) is 9.92 Å². The van der Waals surface area contributed by atoms with Gasteiger partial charge in [0.15, 0.2) is 9.84 Å². The van der Waals surface area contributed by atoms with E-state index in [0.717, 1.165) is 0 Å². The number of aromatic nitrogens is 2. The average molecular weight is 242 g/mol. The second-order valence-corrected chi connectivity index (χ2v) is 5.73. The number of hydrogen-bond donors (Lipinski definition) is 1. The van der Waals surface area contributed by atoms with Crippen molar-refractivity contribution in [1.82, 2.24) is 9.61 Å². The molecule has 0 N–H and O–H groups in total. The van der Waals surface area contributed by atoms with Gasteiger partial charge in [-0.2, -0.15) is 5.10 Å². The molecule has 80 valence electrons. The Kier molecular flexibility index (Phi) is 2.47. The molecule has 0 saturated heterocycles. The first-order valence-electron chi connectivity index (χ1n) is 4.45. The molecule has 0 radical (unpaired) electrons. The summed E-state index contributed by atoms with van der Waals surface area (Å²) < 4.78 is 25.1. The standard InChI is InChI=1S/C9H10N2O2S2/c1-2-15(12,13)8-7-5-3-4-6-11(7)10-9(8)14/h3-6H,2H2,1H3,(H,10,14). The third-order valence-electron chi connectivity index (χ3n) is 2.17. The monoisotopic (exact) mass is 242 g/mol. The molecule has 2 rings (SSSR count). The van der Waals surface area contributed by atoms with Crippen LogP contribution in [0, 0.1) is 0 Å². The molecule has 0 unspecified atom stereocenters. The highest BCUT2D eigenvalue weighted by Gasteiger charge is 2.21. The van der Waals surface area contributed by atoms with Crippen molar-refractivity contribution in [2.45, 2.75) is 16.8 Å². The van der Waals surface area contributed by atoms with Crippen molar-refractivity contribution in [1.29, 1.82) is 0 Å². The van der Waals surface area contributed by atoms with E-state index in [4.69, 9.17) is 0 Å². The van der Waals surface area contributed by atoms with Crippen molar-refractivity contribution in [3.63, 3.8) is 0 Å². The van der Waals surface area contributed by atoms with Gasteiger partial charge in [-0.05, 0) is 12.1 Å². The van der Waals surface area contributed by atoms with E-state index in [1.807, 2.05) is 0 Å². The molecule has 0 aliphatic rings. The zero-order chi connectivity index (χ0) is 11.1. The first-order chi connectivity index (χ1) is 7.06. The summed E-state index contributed by atoms with van der Waals surface area (Å²) in [5.41, 5.74) is 0.573. The summed E-state index contributed by atoms with van der Waals surface area (Å²) in [5.74, 6) is 0.0524. The van der Waals surface area contributed by atoms with Crippen LogP contribution in [0.1, 0.15) is 6.92 Å². The molecule has 0 spiro atoms. The molecule has 15 heavy (non-hydrogen) atoms. The van der Waals surface area contributed by atoms with Crippen molar-refractivity contribution in [2.75, 3.05) is 5.75 Å². The Morgan fingerprint density at radius 3 is 2.87 bits per heavy atom. The van der Waals surface area contributed by atoms with Crippen LogP contribution in [0.15, 0.2) is 34.3 Å². The number of sulfone groups is 1. The van der Waals surface area contributed by atoms with Crippen LogP contribution in [0.4, 0.5) is 0 Å². The Labute approximate surface area is 93.2 Å². The van der Waals surface area contributed by atoms with E-state index >= 15 is 0 Å². The molecule has 2 aromatic rings. The third kappa shape index (κ3) is 1.63. The second-order valence-electron chi connectivity index (χ2n) is 3.09. The van der Waals surface area contributed by atoms with Crippen molar-refractivity contribution < 1.29 is 8.42 Å². The Balaban J connectivity index is 2.87. The zero-order valence-electron chi connectivity index (χ0n) is 8.08. The average Bonchev–Trinajstić information content (AvgIpc) is 2.54. The molecule has 2 aromatic heterocycles. The molecule has 6 heteroatoms. The van der Waals surface area contributed by atoms with Crippen LogP contribution in [0.3, 0.4) is 0 Å². The number of rotatable bonds is 2. The molecule has 0 aromatic carbocycles. The summed E-state index contributed by atoms with van der Waals surface area (Å²) in [6, 6.07) is 5.28. The van der Waals surface area contributed by atoms with Crippen LogP contribution >= 0.6 is 12.6 Å². The lowest BCUT2D eigenvalue weighted by Gasteiger charge is -1.98. The fourth-order valence-electron chi connectivity index (χ4n) is 1.41. The Morgan fingerprint density at radius 1 is 1.47 bits per heavy atom. The SMILES string of the molecule is CCS(=O)(=O)c1c(S)nn2ccccc12. The minimum absolute atomic E-state index is 0.0524. The van der Waals surface area contributed by atoms with Crippen molar-refractivity contribution in [2.24, 2.45) is 0 Å². The maximum absolute atomic E-state index is 11.8. The molecule has 2 heterocycles.